The average molecular weight is 553 g/mol. The van der Waals surface area contributed by atoms with Gasteiger partial charge in [0.2, 0.25) is 0 Å². The first-order valence-corrected chi connectivity index (χ1v) is 13.4. The number of benzene rings is 1. The Hall–Kier alpha value is -3.83. The number of anilines is 1. The molecular formula is C26H25ClN6O4S. The molecule has 2 amide bonds. The van der Waals surface area contributed by atoms with Crippen molar-refractivity contribution < 1.29 is 19.1 Å². The second kappa shape index (κ2) is 10.9. The van der Waals surface area contributed by atoms with Gasteiger partial charge in [0.05, 0.1) is 6.04 Å². The molecule has 0 radical (unpaired) electrons. The van der Waals surface area contributed by atoms with Crippen LogP contribution in [-0.4, -0.2) is 54.8 Å². The standard InChI is InChI=1S/C26H25ClN6O4S/c1-15-14-38-23(28-15)20-9-6-10-32(20)24(34)18-12-19(29-21(27)13-18)22-30-31-25(37-22)33(26(35)36)16(2)11-17-7-4-3-5-8-17/h3-5,7-8,12-14,16,20H,6,9-11H2,1-2H3,(H,35,36)/t16?,20-/m1/s1. The largest absolute Gasteiger partial charge is 0.465 e. The lowest BCUT2D eigenvalue weighted by Crippen LogP contribution is -2.39. The van der Waals surface area contributed by atoms with Gasteiger partial charge in [-0.25, -0.2) is 19.7 Å². The van der Waals surface area contributed by atoms with Gasteiger partial charge < -0.3 is 14.4 Å². The smallest absolute Gasteiger partial charge is 0.415 e. The molecule has 0 spiro atoms. The van der Waals surface area contributed by atoms with Crippen LogP contribution >= 0.6 is 22.9 Å². The van der Waals surface area contributed by atoms with E-state index in [-0.39, 0.29) is 34.7 Å². The maximum Gasteiger partial charge on any atom is 0.415 e. The Morgan fingerprint density at radius 1 is 1.24 bits per heavy atom. The van der Waals surface area contributed by atoms with Crippen LogP contribution in [0.25, 0.3) is 11.6 Å². The third-order valence-electron chi connectivity index (χ3n) is 6.34. The number of nitrogens with zero attached hydrogens (tertiary/aromatic N) is 6. The van der Waals surface area contributed by atoms with Crippen molar-refractivity contribution in [2.24, 2.45) is 0 Å². The molecule has 0 bridgehead atoms. The lowest BCUT2D eigenvalue weighted by molar-refractivity contribution is 0.0735. The molecule has 10 nitrogen and oxygen atoms in total. The highest BCUT2D eigenvalue weighted by Crippen LogP contribution is 2.35. The van der Waals surface area contributed by atoms with Gasteiger partial charge in [0.1, 0.15) is 15.9 Å². The molecule has 1 aliphatic heterocycles. The summed E-state index contributed by atoms with van der Waals surface area (Å²) in [4.78, 5) is 37.2. The van der Waals surface area contributed by atoms with Crippen molar-refractivity contribution in [3.63, 3.8) is 0 Å². The molecule has 0 aliphatic carbocycles. The number of rotatable bonds is 7. The predicted molar refractivity (Wildman–Crippen MR) is 143 cm³/mol. The minimum atomic E-state index is -1.23. The Morgan fingerprint density at radius 2 is 2.03 bits per heavy atom. The lowest BCUT2D eigenvalue weighted by atomic mass is 10.1. The third-order valence-corrected chi connectivity index (χ3v) is 7.59. The summed E-state index contributed by atoms with van der Waals surface area (Å²) in [5, 5.41) is 20.8. The highest BCUT2D eigenvalue weighted by Gasteiger charge is 2.33. The van der Waals surface area contributed by atoms with E-state index in [1.54, 1.807) is 23.2 Å². The summed E-state index contributed by atoms with van der Waals surface area (Å²) < 4.78 is 5.73. The van der Waals surface area contributed by atoms with E-state index in [0.29, 0.717) is 18.5 Å². The van der Waals surface area contributed by atoms with Crippen molar-refractivity contribution in [2.75, 3.05) is 11.4 Å². The number of aryl methyl sites for hydroxylation is 1. The fourth-order valence-electron chi connectivity index (χ4n) is 4.61. The van der Waals surface area contributed by atoms with Crippen LogP contribution in [0.4, 0.5) is 10.8 Å². The van der Waals surface area contributed by atoms with Gasteiger partial charge in [0.15, 0.2) is 0 Å². The predicted octanol–water partition coefficient (Wildman–Crippen LogP) is 5.64. The number of halogens is 1. The Balaban J connectivity index is 1.39. The molecular weight excluding hydrogens is 528 g/mol. The summed E-state index contributed by atoms with van der Waals surface area (Å²) in [5.41, 5.74) is 2.41. The number of thiazole rings is 1. The molecule has 1 fully saturated rings. The first kappa shape index (κ1) is 25.8. The fourth-order valence-corrected chi connectivity index (χ4v) is 5.76. The van der Waals surface area contributed by atoms with E-state index in [4.69, 9.17) is 16.0 Å². The van der Waals surface area contributed by atoms with E-state index in [2.05, 4.69) is 20.2 Å². The summed E-state index contributed by atoms with van der Waals surface area (Å²) in [6.45, 7) is 4.30. The Bertz CT molecular complexity index is 1460. The van der Waals surface area contributed by atoms with Gasteiger partial charge in [-0.3, -0.25) is 4.79 Å². The molecule has 1 N–H and O–H groups in total. The monoisotopic (exact) mass is 552 g/mol. The summed E-state index contributed by atoms with van der Waals surface area (Å²) in [6, 6.07) is 11.8. The molecule has 1 aliphatic rings. The molecule has 4 aromatic rings. The van der Waals surface area contributed by atoms with E-state index in [9.17, 15) is 14.7 Å². The number of amides is 2. The molecule has 0 saturated carbocycles. The molecule has 2 atom stereocenters. The van der Waals surface area contributed by atoms with Crippen molar-refractivity contribution in [1.29, 1.82) is 0 Å². The second-order valence-electron chi connectivity index (χ2n) is 9.13. The normalized spacial score (nSPS) is 16.0. The second-order valence-corrected chi connectivity index (χ2v) is 10.4. The average Bonchev–Trinajstić information content (AvgIpc) is 3.65. The van der Waals surface area contributed by atoms with Crippen LogP contribution in [-0.2, 0) is 6.42 Å². The van der Waals surface area contributed by atoms with Gasteiger partial charge in [-0.1, -0.05) is 47.0 Å². The van der Waals surface area contributed by atoms with Gasteiger partial charge in [-0.05, 0) is 50.8 Å². The first-order valence-electron chi connectivity index (χ1n) is 12.1. The summed E-state index contributed by atoms with van der Waals surface area (Å²) in [7, 11) is 0. The maximum absolute atomic E-state index is 13.5. The molecule has 1 unspecified atom stereocenters. The maximum atomic E-state index is 13.5. The van der Waals surface area contributed by atoms with Crippen LogP contribution in [0.5, 0.6) is 0 Å². The zero-order chi connectivity index (χ0) is 26.8. The van der Waals surface area contributed by atoms with Crippen LogP contribution in [0.1, 0.15) is 52.4 Å². The molecule has 5 rings (SSSR count). The first-order chi connectivity index (χ1) is 18.3. The number of carbonyl (C=O) groups is 2. The molecule has 4 heterocycles. The third kappa shape index (κ3) is 5.39. The number of aromatic nitrogens is 4. The van der Waals surface area contributed by atoms with Crippen LogP contribution in [0.3, 0.4) is 0 Å². The highest BCUT2D eigenvalue weighted by atomic mass is 35.5. The van der Waals surface area contributed by atoms with Crippen molar-refractivity contribution in [2.45, 2.75) is 45.2 Å². The fraction of sp³-hybridized carbons (Fsp3) is 0.308. The topological polar surface area (TPSA) is 126 Å². The molecule has 12 heteroatoms. The van der Waals surface area contributed by atoms with Crippen molar-refractivity contribution >= 4 is 41.0 Å². The van der Waals surface area contributed by atoms with Crippen LogP contribution in [0, 0.1) is 6.92 Å². The van der Waals surface area contributed by atoms with Gasteiger partial charge in [-0.15, -0.1) is 16.4 Å². The highest BCUT2D eigenvalue weighted by molar-refractivity contribution is 7.09. The van der Waals surface area contributed by atoms with Crippen molar-refractivity contribution in [1.82, 2.24) is 25.1 Å². The lowest BCUT2D eigenvalue weighted by Gasteiger charge is -2.23. The van der Waals surface area contributed by atoms with E-state index >= 15 is 0 Å². The van der Waals surface area contributed by atoms with E-state index < -0.39 is 12.1 Å². The molecule has 196 valence electrons. The number of carboxylic acid groups (broad SMARTS) is 1. The molecule has 3 aromatic heterocycles. The Morgan fingerprint density at radius 3 is 2.74 bits per heavy atom. The van der Waals surface area contributed by atoms with E-state index in [1.807, 2.05) is 42.6 Å². The summed E-state index contributed by atoms with van der Waals surface area (Å²) in [6.07, 6.45) is 0.939. The van der Waals surface area contributed by atoms with E-state index in [0.717, 1.165) is 34.0 Å². The van der Waals surface area contributed by atoms with Crippen LogP contribution < -0.4 is 4.90 Å². The van der Waals surface area contributed by atoms with Gasteiger partial charge in [0, 0.05) is 29.2 Å². The van der Waals surface area contributed by atoms with E-state index in [1.165, 1.54) is 12.1 Å². The number of likely N-dealkylation sites (tertiary alicyclic amines) is 1. The number of carbonyl (C=O) groups excluding carboxylic acids is 1. The SMILES string of the molecule is Cc1csc([C@H]2CCCN2C(=O)c2cc(Cl)nc(-c3nnc(N(C(=O)O)C(C)Cc4ccccc4)o3)c2)n1. The Kier molecular flexibility index (Phi) is 7.39. The van der Waals surface area contributed by atoms with Gasteiger partial charge in [0.25, 0.3) is 11.8 Å². The number of pyridine rings is 1. The molecule has 38 heavy (non-hydrogen) atoms. The van der Waals surface area contributed by atoms with Crippen molar-refractivity contribution in [3.8, 4) is 11.6 Å². The molecule has 1 aromatic carbocycles. The minimum absolute atomic E-state index is 0.0387. The summed E-state index contributed by atoms with van der Waals surface area (Å²) in [5.74, 6) is -0.238. The summed E-state index contributed by atoms with van der Waals surface area (Å²) >= 11 is 7.83. The zero-order valence-electron chi connectivity index (χ0n) is 20.7. The van der Waals surface area contributed by atoms with Crippen molar-refractivity contribution in [3.05, 3.63) is 74.8 Å². The number of hydrogen-bond donors (Lipinski definition) is 1. The van der Waals surface area contributed by atoms with Gasteiger partial charge >= 0.3 is 12.1 Å². The zero-order valence-corrected chi connectivity index (χ0v) is 22.3. The quantitative estimate of drug-likeness (QED) is 0.292. The number of hydrogen-bond acceptors (Lipinski definition) is 8. The Labute approximate surface area is 227 Å². The minimum Gasteiger partial charge on any atom is -0.465 e. The van der Waals surface area contributed by atoms with Gasteiger partial charge in [-0.2, -0.15) is 0 Å². The van der Waals surface area contributed by atoms with Crippen LogP contribution in [0.15, 0.2) is 52.3 Å². The molecule has 1 saturated heterocycles. The van der Waals surface area contributed by atoms with Crippen LogP contribution in [0.2, 0.25) is 5.15 Å².